The summed E-state index contributed by atoms with van der Waals surface area (Å²) in [6.07, 6.45) is -2.97. The van der Waals surface area contributed by atoms with Gasteiger partial charge in [0.1, 0.15) is 18.5 Å². The summed E-state index contributed by atoms with van der Waals surface area (Å²) < 4.78 is 31.1. The van der Waals surface area contributed by atoms with Crippen molar-refractivity contribution < 1.29 is 53.3 Å². The minimum absolute atomic E-state index is 0.0633. The molecule has 12 nitrogen and oxygen atoms in total. The van der Waals surface area contributed by atoms with E-state index in [0.29, 0.717) is 5.76 Å². The molecule has 0 spiro atoms. The number of hydrogen-bond donors (Lipinski definition) is 4. The quantitative estimate of drug-likeness (QED) is 0.0978. The monoisotopic (exact) mass is 467 g/mol. The molecule has 0 aromatic rings. The number of carbonyl (C=O) groups excluding carboxylic acids is 2. The number of esters is 1. The minimum atomic E-state index is -1.00. The van der Waals surface area contributed by atoms with Gasteiger partial charge in [-0.15, -0.1) is 0 Å². The standard InChI is InChI=1S/C20H37NO11/c1-14(8-22)11-30-19(10-24)32-16(9-23)12-31-20(28-4)13-29-18(26)6-5-17(25)21-7-15(2)27-3/h14,16,19-20,22-24H,2,5-13H2,1,3-4H3,(H,21,25). The molecule has 4 unspecified atom stereocenters. The Morgan fingerprint density at radius 2 is 1.62 bits per heavy atom. The highest BCUT2D eigenvalue weighted by Crippen LogP contribution is 2.07. The minimum Gasteiger partial charge on any atom is -0.500 e. The molecule has 0 aromatic carbocycles. The lowest BCUT2D eigenvalue weighted by atomic mass is 10.2. The maximum Gasteiger partial charge on any atom is 0.306 e. The summed E-state index contributed by atoms with van der Waals surface area (Å²) in [5.41, 5.74) is 0. The van der Waals surface area contributed by atoms with Crippen molar-refractivity contribution in [1.29, 1.82) is 0 Å². The van der Waals surface area contributed by atoms with Crippen LogP contribution in [0.5, 0.6) is 0 Å². The Balaban J connectivity index is 4.25. The first-order chi connectivity index (χ1) is 15.3. The van der Waals surface area contributed by atoms with Crippen molar-refractivity contribution in [3.63, 3.8) is 0 Å². The van der Waals surface area contributed by atoms with Crippen molar-refractivity contribution in [3.8, 4) is 0 Å². The molecular weight excluding hydrogens is 430 g/mol. The molecular formula is C20H37NO11. The Labute approximate surface area is 188 Å². The fourth-order valence-corrected chi connectivity index (χ4v) is 2.01. The molecule has 0 rings (SSSR count). The zero-order valence-corrected chi connectivity index (χ0v) is 19.0. The predicted octanol–water partition coefficient (Wildman–Crippen LogP) is -1.08. The van der Waals surface area contributed by atoms with E-state index in [2.05, 4.69) is 11.9 Å². The number of methoxy groups -OCH3 is 2. The molecule has 188 valence electrons. The lowest BCUT2D eigenvalue weighted by molar-refractivity contribution is -0.229. The van der Waals surface area contributed by atoms with Crippen LogP contribution in [0.2, 0.25) is 0 Å². The molecule has 0 radical (unpaired) electrons. The van der Waals surface area contributed by atoms with Crippen molar-refractivity contribution in [3.05, 3.63) is 12.3 Å². The summed E-state index contributed by atoms with van der Waals surface area (Å²) in [7, 11) is 2.78. The van der Waals surface area contributed by atoms with Crippen molar-refractivity contribution in [2.24, 2.45) is 5.92 Å². The van der Waals surface area contributed by atoms with Crippen LogP contribution in [-0.4, -0.2) is 106 Å². The van der Waals surface area contributed by atoms with E-state index in [1.54, 1.807) is 6.92 Å². The van der Waals surface area contributed by atoms with E-state index in [4.69, 9.17) is 33.5 Å². The molecule has 0 aliphatic rings. The Hall–Kier alpha value is -1.80. The maximum atomic E-state index is 11.8. The maximum absolute atomic E-state index is 11.8. The van der Waals surface area contributed by atoms with Crippen LogP contribution in [0.3, 0.4) is 0 Å². The number of nitrogens with one attached hydrogen (secondary N) is 1. The summed E-state index contributed by atoms with van der Waals surface area (Å²) in [6.45, 7) is 4.33. The van der Waals surface area contributed by atoms with Gasteiger partial charge in [0.25, 0.3) is 0 Å². The third kappa shape index (κ3) is 15.1. The molecule has 0 fully saturated rings. The van der Waals surface area contributed by atoms with E-state index in [-0.39, 0.29) is 57.6 Å². The van der Waals surface area contributed by atoms with E-state index in [9.17, 15) is 19.8 Å². The molecule has 0 aliphatic carbocycles. The number of carbonyl (C=O) groups is 2. The highest BCUT2D eigenvalue weighted by Gasteiger charge is 2.20. The van der Waals surface area contributed by atoms with Crippen molar-refractivity contribution >= 4 is 11.9 Å². The molecule has 1 amide bonds. The fraction of sp³-hybridized carbons (Fsp3) is 0.800. The summed E-state index contributed by atoms with van der Waals surface area (Å²) in [6, 6.07) is 0. The number of aliphatic hydroxyl groups excluding tert-OH is 3. The second-order valence-electron chi connectivity index (χ2n) is 6.88. The number of aliphatic hydroxyl groups is 3. The van der Waals surface area contributed by atoms with Gasteiger partial charge in [-0.25, -0.2) is 0 Å². The summed E-state index contributed by atoms with van der Waals surface area (Å²) in [5, 5.41) is 30.3. The van der Waals surface area contributed by atoms with Crippen LogP contribution >= 0.6 is 0 Å². The van der Waals surface area contributed by atoms with E-state index in [1.807, 2.05) is 0 Å². The van der Waals surface area contributed by atoms with Crippen LogP contribution < -0.4 is 5.32 Å². The molecule has 0 aliphatic heterocycles. The van der Waals surface area contributed by atoms with E-state index in [0.717, 1.165) is 0 Å². The van der Waals surface area contributed by atoms with Crippen molar-refractivity contribution in [2.75, 3.05) is 60.4 Å². The molecule has 0 bridgehead atoms. The fourth-order valence-electron chi connectivity index (χ4n) is 2.01. The van der Waals surface area contributed by atoms with Gasteiger partial charge in [0.05, 0.1) is 46.5 Å². The first-order valence-corrected chi connectivity index (χ1v) is 10.2. The summed E-state index contributed by atoms with van der Waals surface area (Å²) in [5.74, 6) is -0.711. The number of hydrogen-bond acceptors (Lipinski definition) is 11. The van der Waals surface area contributed by atoms with Crippen LogP contribution in [-0.2, 0) is 38.0 Å². The van der Waals surface area contributed by atoms with Crippen LogP contribution in [0, 0.1) is 5.92 Å². The lowest BCUT2D eigenvalue weighted by Gasteiger charge is -2.25. The highest BCUT2D eigenvalue weighted by atomic mass is 16.7. The zero-order chi connectivity index (χ0) is 24.4. The van der Waals surface area contributed by atoms with Crippen molar-refractivity contribution in [1.82, 2.24) is 5.32 Å². The van der Waals surface area contributed by atoms with Crippen LogP contribution in [0.1, 0.15) is 19.8 Å². The van der Waals surface area contributed by atoms with Crippen LogP contribution in [0.15, 0.2) is 12.3 Å². The molecule has 0 saturated heterocycles. The average Bonchev–Trinajstić information content (AvgIpc) is 2.81. The summed E-state index contributed by atoms with van der Waals surface area (Å²) in [4.78, 5) is 23.5. The molecule has 32 heavy (non-hydrogen) atoms. The molecule has 4 N–H and O–H groups in total. The molecule has 0 saturated carbocycles. The van der Waals surface area contributed by atoms with Gasteiger partial charge in [0.2, 0.25) is 5.91 Å². The molecule has 0 heterocycles. The van der Waals surface area contributed by atoms with E-state index >= 15 is 0 Å². The third-order valence-corrected chi connectivity index (χ3v) is 4.01. The first-order valence-electron chi connectivity index (χ1n) is 10.2. The molecule has 4 atom stereocenters. The lowest BCUT2D eigenvalue weighted by Crippen LogP contribution is -2.36. The average molecular weight is 468 g/mol. The second kappa shape index (κ2) is 18.7. The van der Waals surface area contributed by atoms with E-state index in [1.165, 1.54) is 14.2 Å². The van der Waals surface area contributed by atoms with Crippen molar-refractivity contribution in [2.45, 2.75) is 38.4 Å². The second-order valence-corrected chi connectivity index (χ2v) is 6.88. The van der Waals surface area contributed by atoms with E-state index < -0.39 is 37.9 Å². The summed E-state index contributed by atoms with van der Waals surface area (Å²) >= 11 is 0. The van der Waals surface area contributed by atoms with Crippen LogP contribution in [0.4, 0.5) is 0 Å². The van der Waals surface area contributed by atoms with Gasteiger partial charge < -0.3 is 49.1 Å². The molecule has 12 heteroatoms. The Bertz CT molecular complexity index is 532. The number of amides is 1. The Kier molecular flexibility index (Phi) is 17.7. The Morgan fingerprint density at radius 3 is 2.19 bits per heavy atom. The number of ether oxygens (including phenoxy) is 6. The van der Waals surface area contributed by atoms with Gasteiger partial charge in [-0.3, -0.25) is 9.59 Å². The normalized spacial score (nSPS) is 14.8. The predicted molar refractivity (Wildman–Crippen MR) is 111 cm³/mol. The highest BCUT2D eigenvalue weighted by molar-refractivity contribution is 5.81. The third-order valence-electron chi connectivity index (χ3n) is 4.01. The van der Waals surface area contributed by atoms with Crippen LogP contribution in [0.25, 0.3) is 0 Å². The van der Waals surface area contributed by atoms with Gasteiger partial charge in [0.15, 0.2) is 12.6 Å². The SMILES string of the molecule is C=C(CNC(=O)CCC(=O)OCC(OC)OCC(CO)OC(CO)OCC(C)CO)OC. The zero-order valence-electron chi connectivity index (χ0n) is 19.0. The smallest absolute Gasteiger partial charge is 0.306 e. The largest absolute Gasteiger partial charge is 0.500 e. The topological polar surface area (TPSA) is 162 Å². The van der Waals surface area contributed by atoms with Gasteiger partial charge >= 0.3 is 5.97 Å². The van der Waals surface area contributed by atoms with Gasteiger partial charge in [-0.1, -0.05) is 13.5 Å². The molecule has 0 aromatic heterocycles. The van der Waals surface area contributed by atoms with Gasteiger partial charge in [-0.05, 0) is 0 Å². The van der Waals surface area contributed by atoms with Gasteiger partial charge in [0, 0.05) is 26.1 Å². The Morgan fingerprint density at radius 1 is 0.938 bits per heavy atom. The van der Waals surface area contributed by atoms with Gasteiger partial charge in [-0.2, -0.15) is 0 Å². The number of rotatable bonds is 20. The first kappa shape index (κ1) is 30.2.